The first kappa shape index (κ1) is 14.6. The van der Waals surface area contributed by atoms with Crippen molar-refractivity contribution >= 4 is 17.8 Å². The normalized spacial score (nSPS) is 26.8. The van der Waals surface area contributed by atoms with Gasteiger partial charge in [0.1, 0.15) is 5.41 Å². The van der Waals surface area contributed by atoms with E-state index < -0.39 is 23.3 Å². The van der Waals surface area contributed by atoms with Crippen molar-refractivity contribution in [1.82, 2.24) is 9.80 Å². The Balaban J connectivity index is 3.20. The van der Waals surface area contributed by atoms with Crippen LogP contribution in [0.5, 0.6) is 0 Å². The molecular formula is C12H21N3O3. The Labute approximate surface area is 107 Å². The molecule has 1 fully saturated rings. The van der Waals surface area contributed by atoms with Crippen molar-refractivity contribution < 1.29 is 14.4 Å². The number of rotatable bonds is 4. The number of hydrogen-bond donors (Lipinski definition) is 1. The molecule has 0 spiro atoms. The van der Waals surface area contributed by atoms with Gasteiger partial charge in [-0.15, -0.1) is 0 Å². The Bertz CT molecular complexity index is 383. The zero-order chi connectivity index (χ0) is 14.1. The van der Waals surface area contributed by atoms with Gasteiger partial charge in [-0.1, -0.05) is 6.92 Å². The molecule has 1 heterocycles. The average molecular weight is 255 g/mol. The number of urea groups is 1. The Morgan fingerprint density at radius 3 is 2.28 bits per heavy atom. The third-order valence-electron chi connectivity index (χ3n) is 3.64. The summed E-state index contributed by atoms with van der Waals surface area (Å²) in [5.74, 6) is -0.905. The van der Waals surface area contributed by atoms with Crippen molar-refractivity contribution in [3.63, 3.8) is 0 Å². The second-order valence-corrected chi connectivity index (χ2v) is 4.95. The number of amides is 4. The summed E-state index contributed by atoms with van der Waals surface area (Å²) < 4.78 is 0. The lowest BCUT2D eigenvalue weighted by Gasteiger charge is -2.43. The molecule has 6 heteroatoms. The van der Waals surface area contributed by atoms with Crippen LogP contribution in [0, 0.1) is 5.41 Å². The van der Waals surface area contributed by atoms with E-state index in [1.807, 2.05) is 6.92 Å². The Kier molecular flexibility index (Phi) is 4.11. The van der Waals surface area contributed by atoms with E-state index in [2.05, 4.69) is 0 Å². The minimum atomic E-state index is -1.22. The molecule has 0 bridgehead atoms. The summed E-state index contributed by atoms with van der Waals surface area (Å²) in [5.41, 5.74) is 4.26. The van der Waals surface area contributed by atoms with Crippen molar-refractivity contribution in [3.8, 4) is 0 Å². The molecule has 0 aromatic rings. The smallest absolute Gasteiger partial charge is 0.330 e. The molecule has 1 rings (SSSR count). The molecule has 102 valence electrons. The monoisotopic (exact) mass is 255 g/mol. The fourth-order valence-corrected chi connectivity index (χ4v) is 2.14. The number of barbiturate groups is 1. The van der Waals surface area contributed by atoms with Crippen molar-refractivity contribution in [2.45, 2.75) is 39.7 Å². The first-order valence-electron chi connectivity index (χ1n) is 6.17. The largest absolute Gasteiger partial charge is 0.333 e. The summed E-state index contributed by atoms with van der Waals surface area (Å²) in [4.78, 5) is 38.7. The van der Waals surface area contributed by atoms with Gasteiger partial charge in [0.05, 0.1) is 0 Å². The molecule has 0 aromatic heterocycles. The minimum absolute atomic E-state index is 0.224. The molecule has 4 amide bonds. The van der Waals surface area contributed by atoms with Gasteiger partial charge in [-0.25, -0.2) is 4.79 Å². The molecule has 2 unspecified atom stereocenters. The van der Waals surface area contributed by atoms with Crippen LogP contribution in [0.15, 0.2) is 0 Å². The number of nitrogens with two attached hydrogens (primary N) is 1. The summed E-state index contributed by atoms with van der Waals surface area (Å²) >= 11 is 0. The van der Waals surface area contributed by atoms with Crippen LogP contribution in [0.3, 0.4) is 0 Å². The van der Waals surface area contributed by atoms with Gasteiger partial charge in [0.25, 0.3) is 0 Å². The molecule has 0 aromatic carbocycles. The SMILES string of the molecule is CCC(C)N1C(=O)N(C)C(=O)C(C)(CCN)C1=O. The second-order valence-electron chi connectivity index (χ2n) is 4.95. The summed E-state index contributed by atoms with van der Waals surface area (Å²) in [6.07, 6.45) is 0.896. The summed E-state index contributed by atoms with van der Waals surface area (Å²) in [5, 5.41) is 0. The van der Waals surface area contributed by atoms with Crippen LogP contribution in [-0.4, -0.2) is 47.3 Å². The van der Waals surface area contributed by atoms with E-state index in [1.165, 1.54) is 11.9 Å². The highest BCUT2D eigenvalue weighted by molar-refractivity contribution is 6.18. The van der Waals surface area contributed by atoms with E-state index in [0.29, 0.717) is 6.42 Å². The van der Waals surface area contributed by atoms with Crippen LogP contribution >= 0.6 is 0 Å². The zero-order valence-corrected chi connectivity index (χ0v) is 11.4. The van der Waals surface area contributed by atoms with E-state index in [1.54, 1.807) is 13.8 Å². The third-order valence-corrected chi connectivity index (χ3v) is 3.64. The molecule has 0 saturated carbocycles. The van der Waals surface area contributed by atoms with Gasteiger partial charge in [0, 0.05) is 13.1 Å². The van der Waals surface area contributed by atoms with E-state index in [0.717, 1.165) is 4.90 Å². The van der Waals surface area contributed by atoms with Crippen LogP contribution in [0.4, 0.5) is 4.79 Å². The van der Waals surface area contributed by atoms with E-state index >= 15 is 0 Å². The maximum absolute atomic E-state index is 12.4. The fourth-order valence-electron chi connectivity index (χ4n) is 2.14. The zero-order valence-electron chi connectivity index (χ0n) is 11.4. The lowest BCUT2D eigenvalue weighted by Crippen LogP contribution is -2.65. The molecule has 0 aliphatic carbocycles. The lowest BCUT2D eigenvalue weighted by atomic mass is 9.81. The quantitative estimate of drug-likeness (QED) is 0.744. The maximum atomic E-state index is 12.4. The molecular weight excluding hydrogens is 234 g/mol. The first-order chi connectivity index (χ1) is 8.31. The fraction of sp³-hybridized carbons (Fsp3) is 0.750. The Hall–Kier alpha value is -1.43. The molecule has 1 aliphatic heterocycles. The predicted molar refractivity (Wildman–Crippen MR) is 66.5 cm³/mol. The van der Waals surface area contributed by atoms with Gasteiger partial charge in [0.15, 0.2) is 0 Å². The number of nitrogens with zero attached hydrogens (tertiary/aromatic N) is 2. The number of hydrogen-bond acceptors (Lipinski definition) is 4. The van der Waals surface area contributed by atoms with E-state index in [4.69, 9.17) is 5.73 Å². The second kappa shape index (κ2) is 5.06. The van der Waals surface area contributed by atoms with Gasteiger partial charge < -0.3 is 5.73 Å². The molecule has 1 saturated heterocycles. The van der Waals surface area contributed by atoms with Gasteiger partial charge >= 0.3 is 6.03 Å². The molecule has 18 heavy (non-hydrogen) atoms. The van der Waals surface area contributed by atoms with E-state index in [-0.39, 0.29) is 19.0 Å². The highest BCUT2D eigenvalue weighted by Crippen LogP contribution is 2.32. The van der Waals surface area contributed by atoms with E-state index in [9.17, 15) is 14.4 Å². The molecule has 0 radical (unpaired) electrons. The van der Waals surface area contributed by atoms with Gasteiger partial charge in [-0.3, -0.25) is 19.4 Å². The molecule has 1 aliphatic rings. The summed E-state index contributed by atoms with van der Waals surface area (Å²) in [6.45, 7) is 5.47. The maximum Gasteiger partial charge on any atom is 0.333 e. The molecule has 2 atom stereocenters. The van der Waals surface area contributed by atoms with Crippen LogP contribution in [-0.2, 0) is 9.59 Å². The Morgan fingerprint density at radius 1 is 1.28 bits per heavy atom. The average Bonchev–Trinajstić information content (AvgIpc) is 2.35. The van der Waals surface area contributed by atoms with Gasteiger partial charge in [-0.05, 0) is 33.2 Å². The summed E-state index contributed by atoms with van der Waals surface area (Å²) in [7, 11) is 1.40. The van der Waals surface area contributed by atoms with Crippen LogP contribution < -0.4 is 5.73 Å². The first-order valence-corrected chi connectivity index (χ1v) is 6.17. The van der Waals surface area contributed by atoms with Crippen molar-refractivity contribution in [1.29, 1.82) is 0 Å². The molecule has 6 nitrogen and oxygen atoms in total. The number of carbonyl (C=O) groups is 3. The van der Waals surface area contributed by atoms with Crippen molar-refractivity contribution in [2.75, 3.05) is 13.6 Å². The van der Waals surface area contributed by atoms with Crippen LogP contribution in [0.2, 0.25) is 0 Å². The van der Waals surface area contributed by atoms with Gasteiger partial charge in [0.2, 0.25) is 11.8 Å². The minimum Gasteiger partial charge on any atom is -0.330 e. The van der Waals surface area contributed by atoms with Crippen molar-refractivity contribution in [2.24, 2.45) is 11.1 Å². The van der Waals surface area contributed by atoms with Crippen LogP contribution in [0.1, 0.15) is 33.6 Å². The van der Waals surface area contributed by atoms with Crippen LogP contribution in [0.25, 0.3) is 0 Å². The number of carbonyl (C=O) groups excluding carboxylic acids is 3. The van der Waals surface area contributed by atoms with Gasteiger partial charge in [-0.2, -0.15) is 0 Å². The third kappa shape index (κ3) is 2.01. The topological polar surface area (TPSA) is 83.7 Å². The van der Waals surface area contributed by atoms with Crippen molar-refractivity contribution in [3.05, 3.63) is 0 Å². The highest BCUT2D eigenvalue weighted by atomic mass is 16.2. The summed E-state index contributed by atoms with van der Waals surface area (Å²) in [6, 6.07) is -0.772. The molecule has 2 N–H and O–H groups in total. The highest BCUT2D eigenvalue weighted by Gasteiger charge is 2.53. The lowest BCUT2D eigenvalue weighted by molar-refractivity contribution is -0.158. The standard InChI is InChI=1S/C12H21N3O3/c1-5-8(2)15-10(17)12(3,6-7-13)9(16)14(4)11(15)18/h8H,5-7,13H2,1-4H3. The predicted octanol–water partition coefficient (Wildman–Crippen LogP) is 0.561. The number of imide groups is 2. The Morgan fingerprint density at radius 2 is 1.83 bits per heavy atom.